The number of amides is 1. The van der Waals surface area contributed by atoms with Crippen molar-refractivity contribution in [1.82, 2.24) is 5.32 Å². The van der Waals surface area contributed by atoms with Gasteiger partial charge in [-0.15, -0.1) is 0 Å². The molecule has 0 aromatic heterocycles. The summed E-state index contributed by atoms with van der Waals surface area (Å²) < 4.78 is 27.6. The van der Waals surface area contributed by atoms with Crippen LogP contribution >= 0.6 is 0 Å². The van der Waals surface area contributed by atoms with Crippen molar-refractivity contribution in [3.63, 3.8) is 0 Å². The van der Waals surface area contributed by atoms with Gasteiger partial charge in [-0.25, -0.2) is 0 Å². The third-order valence-electron chi connectivity index (χ3n) is 8.04. The summed E-state index contributed by atoms with van der Waals surface area (Å²) in [6, 6.07) is 18.6. The fraction of sp³-hybridized carbons (Fsp3) is 0.273. The summed E-state index contributed by atoms with van der Waals surface area (Å²) in [6.07, 6.45) is 0.883. The number of nitrogens with one attached hydrogen (secondary N) is 2. The number of dihydropyridines is 1. The fourth-order valence-corrected chi connectivity index (χ4v) is 6.05. The van der Waals surface area contributed by atoms with Crippen molar-refractivity contribution < 1.29 is 33.3 Å². The second-order valence-corrected chi connectivity index (χ2v) is 10.4. The van der Waals surface area contributed by atoms with Gasteiger partial charge >= 0.3 is 0 Å². The second kappa shape index (κ2) is 11.2. The Bertz CT molecular complexity index is 1640. The van der Waals surface area contributed by atoms with E-state index in [1.54, 1.807) is 33.5 Å². The van der Waals surface area contributed by atoms with Crippen LogP contribution in [0.25, 0.3) is 0 Å². The smallest absolute Gasteiger partial charge is 0.254 e. The Balaban J connectivity index is 1.41. The SMILES string of the molecule is COc1ccccc1NC(=O)C1=C(C)NC2=C(C(=O)CC(c3ccc(OC)c(OC)c3)C2)C1c1ccc2c(c1)OCO2. The molecule has 1 aliphatic carbocycles. The maximum atomic E-state index is 14.1. The average molecular weight is 569 g/mol. The molecular formula is C33H32N2O7. The van der Waals surface area contributed by atoms with Crippen molar-refractivity contribution >= 4 is 17.4 Å². The van der Waals surface area contributed by atoms with Gasteiger partial charge in [0, 0.05) is 34.9 Å². The lowest BCUT2D eigenvalue weighted by molar-refractivity contribution is -0.116. The van der Waals surface area contributed by atoms with Crippen LogP contribution in [0.3, 0.4) is 0 Å². The molecule has 2 aliphatic heterocycles. The summed E-state index contributed by atoms with van der Waals surface area (Å²) in [5, 5.41) is 6.44. The molecule has 3 aromatic rings. The number of hydrogen-bond acceptors (Lipinski definition) is 8. The lowest BCUT2D eigenvalue weighted by atomic mass is 9.71. The van der Waals surface area contributed by atoms with Crippen LogP contribution < -0.4 is 34.3 Å². The van der Waals surface area contributed by atoms with E-state index in [0.29, 0.717) is 57.7 Å². The lowest BCUT2D eigenvalue weighted by Gasteiger charge is -2.37. The van der Waals surface area contributed by atoms with E-state index in [9.17, 15) is 9.59 Å². The summed E-state index contributed by atoms with van der Waals surface area (Å²) in [4.78, 5) is 28.0. The first-order chi connectivity index (χ1) is 20.4. The van der Waals surface area contributed by atoms with Crippen LogP contribution in [0.4, 0.5) is 5.69 Å². The number of benzene rings is 3. The van der Waals surface area contributed by atoms with Crippen molar-refractivity contribution in [2.75, 3.05) is 33.4 Å². The molecule has 6 rings (SSSR count). The quantitative estimate of drug-likeness (QED) is 0.388. The van der Waals surface area contributed by atoms with E-state index in [2.05, 4.69) is 10.6 Å². The number of ether oxygens (including phenoxy) is 5. The van der Waals surface area contributed by atoms with E-state index in [1.807, 2.05) is 55.5 Å². The molecule has 3 aromatic carbocycles. The van der Waals surface area contributed by atoms with Crippen LogP contribution in [0.5, 0.6) is 28.7 Å². The molecule has 0 radical (unpaired) electrons. The van der Waals surface area contributed by atoms with Crippen LogP contribution in [0.1, 0.15) is 42.7 Å². The third kappa shape index (κ3) is 4.81. The van der Waals surface area contributed by atoms with E-state index in [1.165, 1.54) is 0 Å². The number of para-hydroxylation sites is 2. The van der Waals surface area contributed by atoms with Gasteiger partial charge in [0.25, 0.3) is 5.91 Å². The first-order valence-electron chi connectivity index (χ1n) is 13.7. The molecule has 0 bridgehead atoms. The van der Waals surface area contributed by atoms with E-state index >= 15 is 0 Å². The Morgan fingerprint density at radius 3 is 2.38 bits per heavy atom. The molecule has 2 N–H and O–H groups in total. The van der Waals surface area contributed by atoms with E-state index < -0.39 is 5.92 Å². The molecule has 216 valence electrons. The van der Waals surface area contributed by atoms with Gasteiger partial charge in [-0.05, 0) is 66.8 Å². The maximum absolute atomic E-state index is 14.1. The van der Waals surface area contributed by atoms with Gasteiger partial charge in [0.2, 0.25) is 6.79 Å². The zero-order chi connectivity index (χ0) is 29.4. The highest BCUT2D eigenvalue weighted by molar-refractivity contribution is 6.10. The minimum absolute atomic E-state index is 0.0266. The van der Waals surface area contributed by atoms with E-state index in [4.69, 9.17) is 23.7 Å². The molecule has 0 saturated heterocycles. The highest BCUT2D eigenvalue weighted by Crippen LogP contribution is 2.48. The van der Waals surface area contributed by atoms with Crippen molar-refractivity contribution in [3.05, 3.63) is 94.3 Å². The first kappa shape index (κ1) is 27.3. The normalized spacial score (nSPS) is 19.2. The molecule has 9 heteroatoms. The number of carbonyl (C=O) groups excluding carboxylic acids is 2. The topological polar surface area (TPSA) is 104 Å². The highest BCUT2D eigenvalue weighted by Gasteiger charge is 2.41. The largest absolute Gasteiger partial charge is 0.495 e. The van der Waals surface area contributed by atoms with Crippen molar-refractivity contribution in [3.8, 4) is 28.7 Å². The molecule has 2 heterocycles. The number of anilines is 1. The maximum Gasteiger partial charge on any atom is 0.254 e. The van der Waals surface area contributed by atoms with Crippen molar-refractivity contribution in [2.24, 2.45) is 0 Å². The highest BCUT2D eigenvalue weighted by atomic mass is 16.7. The van der Waals surface area contributed by atoms with Crippen LogP contribution in [0, 0.1) is 0 Å². The van der Waals surface area contributed by atoms with Crippen LogP contribution in [0.2, 0.25) is 0 Å². The number of hydrogen-bond donors (Lipinski definition) is 2. The zero-order valence-corrected chi connectivity index (χ0v) is 23.9. The number of carbonyl (C=O) groups is 2. The molecule has 0 spiro atoms. The van der Waals surface area contributed by atoms with E-state index in [-0.39, 0.29) is 30.8 Å². The number of fused-ring (bicyclic) bond motifs is 1. The summed E-state index contributed by atoms with van der Waals surface area (Å²) in [6.45, 7) is 1.99. The van der Waals surface area contributed by atoms with Gasteiger partial charge in [0.05, 0.1) is 27.0 Å². The molecule has 0 saturated carbocycles. The van der Waals surface area contributed by atoms with Crippen LogP contribution in [-0.2, 0) is 9.59 Å². The Kier molecular flexibility index (Phi) is 7.24. The minimum Gasteiger partial charge on any atom is -0.495 e. The number of allylic oxidation sites excluding steroid dienone is 3. The molecular weight excluding hydrogens is 536 g/mol. The van der Waals surface area contributed by atoms with Gasteiger partial charge < -0.3 is 34.3 Å². The summed E-state index contributed by atoms with van der Waals surface area (Å²) in [5.74, 6) is 1.97. The van der Waals surface area contributed by atoms with Gasteiger partial charge in [-0.1, -0.05) is 24.3 Å². The number of methoxy groups -OCH3 is 3. The van der Waals surface area contributed by atoms with Gasteiger partial charge in [-0.2, -0.15) is 0 Å². The molecule has 1 amide bonds. The molecule has 2 unspecified atom stereocenters. The van der Waals surface area contributed by atoms with Gasteiger partial charge in [0.15, 0.2) is 28.8 Å². The van der Waals surface area contributed by atoms with Gasteiger partial charge in [0.1, 0.15) is 5.75 Å². The molecule has 0 fully saturated rings. The predicted molar refractivity (Wildman–Crippen MR) is 156 cm³/mol. The van der Waals surface area contributed by atoms with Crippen molar-refractivity contribution in [1.29, 1.82) is 0 Å². The molecule has 9 nitrogen and oxygen atoms in total. The lowest BCUT2D eigenvalue weighted by Crippen LogP contribution is -2.37. The fourth-order valence-electron chi connectivity index (χ4n) is 6.05. The predicted octanol–water partition coefficient (Wildman–Crippen LogP) is 5.44. The molecule has 3 aliphatic rings. The number of rotatable bonds is 7. The Morgan fingerprint density at radius 1 is 0.857 bits per heavy atom. The Hall–Kier alpha value is -4.92. The van der Waals surface area contributed by atoms with Crippen molar-refractivity contribution in [2.45, 2.75) is 31.6 Å². The number of ketones is 1. The summed E-state index contributed by atoms with van der Waals surface area (Å²) in [7, 11) is 4.75. The Labute approximate surface area is 244 Å². The van der Waals surface area contributed by atoms with E-state index in [0.717, 1.165) is 16.8 Å². The van der Waals surface area contributed by atoms with Gasteiger partial charge in [-0.3, -0.25) is 9.59 Å². The third-order valence-corrected chi connectivity index (χ3v) is 8.04. The molecule has 2 atom stereocenters. The van der Waals surface area contributed by atoms with Crippen LogP contribution in [0.15, 0.2) is 83.2 Å². The zero-order valence-electron chi connectivity index (χ0n) is 23.9. The summed E-state index contributed by atoms with van der Waals surface area (Å²) in [5.41, 5.74) is 4.81. The Morgan fingerprint density at radius 2 is 1.60 bits per heavy atom. The molecule has 42 heavy (non-hydrogen) atoms. The average Bonchev–Trinajstić information content (AvgIpc) is 3.48. The first-order valence-corrected chi connectivity index (χ1v) is 13.7. The van der Waals surface area contributed by atoms with Crippen LogP contribution in [-0.4, -0.2) is 39.8 Å². The minimum atomic E-state index is -0.607. The number of Topliss-reactive ketones (excluding diaryl/α,β-unsaturated/α-hetero) is 1. The second-order valence-electron chi connectivity index (χ2n) is 10.4. The monoisotopic (exact) mass is 568 g/mol. The summed E-state index contributed by atoms with van der Waals surface area (Å²) >= 11 is 0. The standard InChI is InChI=1S/C33H32N2O7/c1-18-30(33(37)35-22-7-5-6-8-25(22)38-2)31(20-10-12-27-29(16-20)42-17-41-27)32-23(34-18)13-21(14-24(32)36)19-9-11-26(39-3)28(15-19)40-4/h5-12,15-16,21,31,34H,13-14,17H2,1-4H3,(H,35,37).